The van der Waals surface area contributed by atoms with E-state index in [1.54, 1.807) is 31.2 Å². The Labute approximate surface area is 158 Å². The minimum atomic E-state index is -3.94. The molecule has 0 spiro atoms. The summed E-state index contributed by atoms with van der Waals surface area (Å²) in [6, 6.07) is 10.8. The molecule has 0 N–H and O–H groups in total. The van der Waals surface area contributed by atoms with Crippen LogP contribution in [0.25, 0.3) is 0 Å². The molecule has 144 valence electrons. The van der Waals surface area contributed by atoms with E-state index in [-0.39, 0.29) is 11.5 Å². The van der Waals surface area contributed by atoms with Crippen molar-refractivity contribution >= 4 is 16.0 Å². The van der Waals surface area contributed by atoms with Crippen molar-refractivity contribution in [1.82, 2.24) is 4.31 Å². The number of hydrogen-bond donors (Lipinski definition) is 0. The number of aryl methyl sites for hydroxylation is 1. The highest BCUT2D eigenvalue weighted by Gasteiger charge is 2.46. The molecule has 27 heavy (non-hydrogen) atoms. The maximum Gasteiger partial charge on any atom is 0.324 e. The summed E-state index contributed by atoms with van der Waals surface area (Å²) >= 11 is 0. The molecule has 0 bridgehead atoms. The lowest BCUT2D eigenvalue weighted by atomic mass is 10.1. The lowest BCUT2D eigenvalue weighted by Gasteiger charge is -2.28. The number of carbonyl (C=O) groups excluding carboxylic acids is 1. The number of esters is 1. The van der Waals surface area contributed by atoms with E-state index in [9.17, 15) is 17.6 Å². The van der Waals surface area contributed by atoms with E-state index in [0.29, 0.717) is 18.4 Å². The number of rotatable bonds is 5. The fourth-order valence-corrected chi connectivity index (χ4v) is 5.23. The molecule has 2 atom stereocenters. The Bertz CT molecular complexity index is 910. The summed E-state index contributed by atoms with van der Waals surface area (Å²) in [5.74, 6) is -0.954. The van der Waals surface area contributed by atoms with Crippen molar-refractivity contribution in [3.63, 3.8) is 0 Å². The highest BCUT2D eigenvalue weighted by molar-refractivity contribution is 7.89. The van der Waals surface area contributed by atoms with Gasteiger partial charge in [0, 0.05) is 0 Å². The number of nitrogens with zero attached hydrogens (tertiary/aromatic N) is 1. The molecule has 5 nitrogen and oxygen atoms in total. The van der Waals surface area contributed by atoms with Crippen molar-refractivity contribution < 1.29 is 22.3 Å². The van der Waals surface area contributed by atoms with Gasteiger partial charge >= 0.3 is 5.97 Å². The molecule has 2 aromatic carbocycles. The Morgan fingerprint density at radius 2 is 1.74 bits per heavy atom. The minimum Gasteiger partial charge on any atom is -0.465 e. The summed E-state index contributed by atoms with van der Waals surface area (Å²) in [6.45, 7) is 3.73. The van der Waals surface area contributed by atoms with Crippen molar-refractivity contribution in [1.29, 1.82) is 0 Å². The van der Waals surface area contributed by atoms with Gasteiger partial charge in [-0.3, -0.25) is 4.79 Å². The molecule has 0 amide bonds. The van der Waals surface area contributed by atoms with Crippen LogP contribution >= 0.6 is 0 Å². The zero-order chi connectivity index (χ0) is 19.6. The first-order valence-corrected chi connectivity index (χ1v) is 10.3. The average Bonchev–Trinajstić information content (AvgIpc) is 3.09. The Morgan fingerprint density at radius 3 is 2.33 bits per heavy atom. The number of ether oxygens (including phenoxy) is 1. The van der Waals surface area contributed by atoms with Crippen LogP contribution in [0.3, 0.4) is 0 Å². The molecule has 7 heteroatoms. The maximum absolute atomic E-state index is 13.4. The summed E-state index contributed by atoms with van der Waals surface area (Å²) < 4.78 is 46.4. The first-order chi connectivity index (χ1) is 12.8. The van der Waals surface area contributed by atoms with Crippen molar-refractivity contribution in [2.75, 3.05) is 6.61 Å². The van der Waals surface area contributed by atoms with Crippen LogP contribution in [0.4, 0.5) is 4.39 Å². The third-order valence-corrected chi connectivity index (χ3v) is 6.67. The molecular formula is C20H22FNO4S. The van der Waals surface area contributed by atoms with Crippen LogP contribution in [-0.2, 0) is 19.6 Å². The van der Waals surface area contributed by atoms with Gasteiger partial charge in [0.2, 0.25) is 10.0 Å². The van der Waals surface area contributed by atoms with Gasteiger partial charge < -0.3 is 4.74 Å². The number of benzene rings is 2. The molecule has 1 aliphatic heterocycles. The Hall–Kier alpha value is -2.25. The van der Waals surface area contributed by atoms with Gasteiger partial charge in [-0.05, 0) is 56.5 Å². The molecule has 0 unspecified atom stereocenters. The summed E-state index contributed by atoms with van der Waals surface area (Å²) in [4.78, 5) is 12.6. The van der Waals surface area contributed by atoms with Crippen LogP contribution in [0.15, 0.2) is 53.4 Å². The molecular weight excluding hydrogens is 369 g/mol. The molecule has 0 radical (unpaired) electrons. The van der Waals surface area contributed by atoms with Crippen LogP contribution in [0.1, 0.15) is 36.9 Å². The standard InChI is InChI=1S/C20H22FNO4S/c1-3-26-20(23)19-13-12-18(15-6-8-16(21)9-7-15)22(19)27(24,25)17-10-4-14(2)5-11-17/h4-11,18-19H,3,12-13H2,1-2H3/t18-,19+/m1/s1. The van der Waals surface area contributed by atoms with Gasteiger partial charge in [-0.15, -0.1) is 0 Å². The van der Waals surface area contributed by atoms with Crippen molar-refractivity contribution in [2.24, 2.45) is 0 Å². The highest BCUT2D eigenvalue weighted by Crippen LogP contribution is 2.41. The van der Waals surface area contributed by atoms with E-state index >= 15 is 0 Å². The van der Waals surface area contributed by atoms with Crippen LogP contribution in [-0.4, -0.2) is 31.3 Å². The molecule has 1 heterocycles. The summed E-state index contributed by atoms with van der Waals surface area (Å²) in [7, 11) is -3.94. The van der Waals surface area contributed by atoms with E-state index < -0.39 is 33.9 Å². The topological polar surface area (TPSA) is 63.7 Å². The largest absolute Gasteiger partial charge is 0.465 e. The lowest BCUT2D eigenvalue weighted by molar-refractivity contribution is -0.147. The van der Waals surface area contributed by atoms with Gasteiger partial charge in [-0.2, -0.15) is 4.31 Å². The third kappa shape index (κ3) is 3.89. The average molecular weight is 391 g/mol. The van der Waals surface area contributed by atoms with Gasteiger partial charge in [0.05, 0.1) is 17.5 Å². The molecule has 0 aliphatic carbocycles. The maximum atomic E-state index is 13.4. The van der Waals surface area contributed by atoms with E-state index in [1.165, 1.54) is 28.6 Å². The molecule has 3 rings (SSSR count). The Morgan fingerprint density at radius 1 is 1.11 bits per heavy atom. The predicted octanol–water partition coefficient (Wildman–Crippen LogP) is 3.59. The zero-order valence-corrected chi connectivity index (χ0v) is 16.1. The lowest BCUT2D eigenvalue weighted by Crippen LogP contribution is -2.42. The second kappa shape index (κ2) is 7.78. The first kappa shape index (κ1) is 19.5. The normalized spacial score (nSPS) is 20.6. The van der Waals surface area contributed by atoms with Gasteiger partial charge in [0.15, 0.2) is 0 Å². The molecule has 2 aromatic rings. The zero-order valence-electron chi connectivity index (χ0n) is 15.3. The van der Waals surface area contributed by atoms with Crippen LogP contribution in [0, 0.1) is 12.7 Å². The predicted molar refractivity (Wildman–Crippen MR) is 99.0 cm³/mol. The van der Waals surface area contributed by atoms with E-state index in [4.69, 9.17) is 4.74 Å². The second-order valence-corrected chi connectivity index (χ2v) is 8.40. The monoisotopic (exact) mass is 391 g/mol. The number of sulfonamides is 1. The van der Waals surface area contributed by atoms with E-state index in [2.05, 4.69) is 0 Å². The SMILES string of the molecule is CCOC(=O)[C@@H]1CC[C@H](c2ccc(F)cc2)N1S(=O)(=O)c1ccc(C)cc1. The Balaban J connectivity index is 2.05. The van der Waals surface area contributed by atoms with E-state index in [0.717, 1.165) is 5.56 Å². The molecule has 0 aromatic heterocycles. The fourth-order valence-electron chi connectivity index (χ4n) is 3.41. The van der Waals surface area contributed by atoms with Gasteiger partial charge in [0.25, 0.3) is 0 Å². The second-order valence-electron chi connectivity index (χ2n) is 6.56. The van der Waals surface area contributed by atoms with Crippen LogP contribution < -0.4 is 0 Å². The number of halogens is 1. The third-order valence-electron chi connectivity index (χ3n) is 4.74. The highest BCUT2D eigenvalue weighted by atomic mass is 32.2. The van der Waals surface area contributed by atoms with Crippen LogP contribution in [0.2, 0.25) is 0 Å². The van der Waals surface area contributed by atoms with Gasteiger partial charge in [-0.25, -0.2) is 12.8 Å². The van der Waals surface area contributed by atoms with Gasteiger partial charge in [0.1, 0.15) is 11.9 Å². The summed E-state index contributed by atoms with van der Waals surface area (Å²) in [6.07, 6.45) is 0.812. The Kier molecular flexibility index (Phi) is 5.62. The van der Waals surface area contributed by atoms with Crippen molar-refractivity contribution in [2.45, 2.75) is 43.7 Å². The van der Waals surface area contributed by atoms with Crippen molar-refractivity contribution in [3.8, 4) is 0 Å². The molecule has 1 aliphatic rings. The molecule has 1 saturated heterocycles. The van der Waals surface area contributed by atoms with Gasteiger partial charge in [-0.1, -0.05) is 29.8 Å². The first-order valence-electron chi connectivity index (χ1n) is 8.87. The fraction of sp³-hybridized carbons (Fsp3) is 0.350. The quantitative estimate of drug-likeness (QED) is 0.731. The molecule has 1 fully saturated rings. The van der Waals surface area contributed by atoms with Crippen LogP contribution in [0.5, 0.6) is 0 Å². The molecule has 0 saturated carbocycles. The smallest absolute Gasteiger partial charge is 0.324 e. The minimum absolute atomic E-state index is 0.122. The van der Waals surface area contributed by atoms with E-state index in [1.807, 2.05) is 6.92 Å². The number of hydrogen-bond acceptors (Lipinski definition) is 4. The number of carbonyl (C=O) groups is 1. The summed E-state index contributed by atoms with van der Waals surface area (Å²) in [5, 5.41) is 0. The summed E-state index contributed by atoms with van der Waals surface area (Å²) in [5.41, 5.74) is 1.59. The van der Waals surface area contributed by atoms with Crippen molar-refractivity contribution in [3.05, 3.63) is 65.5 Å².